The van der Waals surface area contributed by atoms with E-state index in [1.54, 1.807) is 6.33 Å². The van der Waals surface area contributed by atoms with Crippen LogP contribution in [0.25, 0.3) is 16.9 Å². The van der Waals surface area contributed by atoms with Gasteiger partial charge in [-0.25, -0.2) is 4.98 Å². The minimum atomic E-state index is -0.339. The first-order valence-corrected chi connectivity index (χ1v) is 14.0. The number of aliphatic hydroxyl groups is 1. The highest BCUT2D eigenvalue weighted by Gasteiger charge is 2.37. The summed E-state index contributed by atoms with van der Waals surface area (Å²) in [4.78, 5) is 23.3. The van der Waals surface area contributed by atoms with Gasteiger partial charge in [0.1, 0.15) is 6.33 Å². The lowest BCUT2D eigenvalue weighted by Crippen LogP contribution is -2.61. The van der Waals surface area contributed by atoms with Gasteiger partial charge in [-0.2, -0.15) is 0 Å². The summed E-state index contributed by atoms with van der Waals surface area (Å²) >= 11 is 0. The molecular weight excluding hydrogens is 502 g/mol. The summed E-state index contributed by atoms with van der Waals surface area (Å²) in [6.45, 7) is 4.19. The third kappa shape index (κ3) is 5.38. The highest BCUT2D eigenvalue weighted by molar-refractivity contribution is 5.99. The number of nitrogens with one attached hydrogen (secondary N) is 1. The quantitative estimate of drug-likeness (QED) is 0.376. The molecule has 0 spiro atoms. The molecule has 3 aromatic carbocycles. The van der Waals surface area contributed by atoms with Crippen LogP contribution in [-0.2, 0) is 11.2 Å². The van der Waals surface area contributed by atoms with Crippen LogP contribution < -0.4 is 10.2 Å². The van der Waals surface area contributed by atoms with Crippen LogP contribution in [0.2, 0.25) is 0 Å². The van der Waals surface area contributed by atoms with E-state index in [0.717, 1.165) is 41.3 Å². The van der Waals surface area contributed by atoms with Crippen molar-refractivity contribution in [2.24, 2.45) is 0 Å². The van der Waals surface area contributed by atoms with E-state index < -0.39 is 0 Å². The number of amides is 1. The van der Waals surface area contributed by atoms with Gasteiger partial charge in [0.2, 0.25) is 0 Å². The lowest BCUT2D eigenvalue weighted by Gasteiger charge is -2.42. The third-order valence-corrected chi connectivity index (χ3v) is 7.81. The summed E-state index contributed by atoms with van der Waals surface area (Å²) < 4.78 is 7.55. The van der Waals surface area contributed by atoms with Crippen molar-refractivity contribution < 1.29 is 14.6 Å². The number of ether oxygens (including phenoxy) is 1. The number of carbonyl (C=O) groups excluding carboxylic acids is 1. The van der Waals surface area contributed by atoms with Crippen LogP contribution in [-0.4, -0.2) is 83.5 Å². The highest BCUT2D eigenvalue weighted by atomic mass is 16.5. The first-order valence-electron chi connectivity index (χ1n) is 14.0. The Kier molecular flexibility index (Phi) is 7.90. The molecule has 206 valence electrons. The molecule has 4 aromatic rings. The van der Waals surface area contributed by atoms with Crippen molar-refractivity contribution >= 4 is 11.6 Å². The van der Waals surface area contributed by atoms with Crippen LogP contribution in [0.4, 0.5) is 5.69 Å². The van der Waals surface area contributed by atoms with Gasteiger partial charge in [0.25, 0.3) is 5.91 Å². The summed E-state index contributed by atoms with van der Waals surface area (Å²) in [5.41, 5.74) is 5.26. The summed E-state index contributed by atoms with van der Waals surface area (Å²) in [6, 6.07) is 28.0. The maximum Gasteiger partial charge on any atom is 0.275 e. The maximum absolute atomic E-state index is 14.4. The SMILES string of the molecule is O=C(c1ncn(-c2cccc(N3CCOCC3)c2)c1-c1ccccc1)N1[C@H](CO)CNC[C@H]1Cc1ccccc1. The van der Waals surface area contributed by atoms with Crippen LogP contribution in [0, 0.1) is 0 Å². The number of hydrogen-bond donors (Lipinski definition) is 2. The summed E-state index contributed by atoms with van der Waals surface area (Å²) in [5, 5.41) is 13.7. The lowest BCUT2D eigenvalue weighted by molar-refractivity contribution is 0.0356. The Morgan fingerprint density at radius 1 is 0.900 bits per heavy atom. The van der Waals surface area contributed by atoms with Crippen molar-refractivity contribution in [3.63, 3.8) is 0 Å². The van der Waals surface area contributed by atoms with Crippen molar-refractivity contribution in [3.05, 3.63) is 103 Å². The van der Waals surface area contributed by atoms with E-state index in [4.69, 9.17) is 9.72 Å². The molecule has 1 amide bonds. The molecule has 2 fully saturated rings. The van der Waals surface area contributed by atoms with E-state index in [-0.39, 0.29) is 24.6 Å². The van der Waals surface area contributed by atoms with Gasteiger partial charge in [-0.3, -0.25) is 9.36 Å². The minimum Gasteiger partial charge on any atom is -0.394 e. The maximum atomic E-state index is 14.4. The zero-order chi connectivity index (χ0) is 27.3. The van der Waals surface area contributed by atoms with Crippen molar-refractivity contribution in [1.82, 2.24) is 19.8 Å². The van der Waals surface area contributed by atoms with Gasteiger partial charge < -0.3 is 25.0 Å². The number of carbonyl (C=O) groups is 1. The average molecular weight is 538 g/mol. The van der Waals surface area contributed by atoms with E-state index >= 15 is 0 Å². The topological polar surface area (TPSA) is 82.9 Å². The molecule has 2 aliphatic heterocycles. The van der Waals surface area contributed by atoms with E-state index in [1.165, 1.54) is 0 Å². The molecule has 8 nitrogen and oxygen atoms in total. The van der Waals surface area contributed by atoms with Crippen molar-refractivity contribution in [2.75, 3.05) is 50.9 Å². The molecule has 2 aliphatic rings. The zero-order valence-corrected chi connectivity index (χ0v) is 22.5. The largest absolute Gasteiger partial charge is 0.394 e. The van der Waals surface area contributed by atoms with Crippen molar-refractivity contribution in [3.8, 4) is 16.9 Å². The number of aromatic nitrogens is 2. The normalized spacial score (nSPS) is 19.5. The van der Waals surface area contributed by atoms with Crippen LogP contribution in [0.3, 0.4) is 0 Å². The van der Waals surface area contributed by atoms with E-state index in [9.17, 15) is 9.90 Å². The number of rotatable bonds is 7. The van der Waals surface area contributed by atoms with Gasteiger partial charge in [-0.1, -0.05) is 66.7 Å². The zero-order valence-electron chi connectivity index (χ0n) is 22.5. The number of nitrogens with zero attached hydrogens (tertiary/aromatic N) is 4. The smallest absolute Gasteiger partial charge is 0.275 e. The Hall–Kier alpha value is -3.98. The Bertz CT molecular complexity index is 1420. The van der Waals surface area contributed by atoms with Crippen LogP contribution >= 0.6 is 0 Å². The predicted molar refractivity (Wildman–Crippen MR) is 156 cm³/mol. The van der Waals surface area contributed by atoms with E-state index in [2.05, 4.69) is 34.5 Å². The van der Waals surface area contributed by atoms with Gasteiger partial charge in [0.05, 0.1) is 31.6 Å². The number of imidazole rings is 1. The molecule has 2 N–H and O–H groups in total. The monoisotopic (exact) mass is 537 g/mol. The number of piperazine rings is 1. The molecule has 2 saturated heterocycles. The van der Waals surface area contributed by atoms with Gasteiger partial charge in [0.15, 0.2) is 5.69 Å². The number of hydrogen-bond acceptors (Lipinski definition) is 6. The molecular formula is C32H35N5O3. The molecule has 8 heteroatoms. The second-order valence-corrected chi connectivity index (χ2v) is 10.3. The Labute approximate surface area is 234 Å². The van der Waals surface area contributed by atoms with Crippen LogP contribution in [0.5, 0.6) is 0 Å². The highest BCUT2D eigenvalue weighted by Crippen LogP contribution is 2.31. The van der Waals surface area contributed by atoms with E-state index in [1.807, 2.05) is 70.1 Å². The van der Waals surface area contributed by atoms with Gasteiger partial charge >= 0.3 is 0 Å². The van der Waals surface area contributed by atoms with Crippen molar-refractivity contribution in [2.45, 2.75) is 18.5 Å². The van der Waals surface area contributed by atoms with Crippen LogP contribution in [0.1, 0.15) is 16.1 Å². The van der Waals surface area contributed by atoms with Gasteiger partial charge in [-0.15, -0.1) is 0 Å². The minimum absolute atomic E-state index is 0.112. The molecule has 3 heterocycles. The Balaban J connectivity index is 1.40. The number of benzene rings is 3. The van der Waals surface area contributed by atoms with Crippen molar-refractivity contribution in [1.29, 1.82) is 0 Å². The molecule has 0 saturated carbocycles. The molecule has 6 rings (SSSR count). The standard InChI is InChI=1S/C32H35N5O3/c38-22-29-21-33-20-28(18-24-8-3-1-4-9-24)37(29)32(39)30-31(25-10-5-2-6-11-25)36(23-34-30)27-13-7-12-26(19-27)35-14-16-40-17-15-35/h1-13,19,23,28-29,33,38H,14-18,20-22H2/t28-,29+/m1/s1. The molecule has 0 radical (unpaired) electrons. The molecule has 2 atom stereocenters. The number of anilines is 1. The summed E-state index contributed by atoms with van der Waals surface area (Å²) in [5.74, 6) is -0.164. The fourth-order valence-electron chi connectivity index (χ4n) is 5.81. The second-order valence-electron chi connectivity index (χ2n) is 10.3. The lowest BCUT2D eigenvalue weighted by atomic mass is 9.99. The molecule has 0 unspecified atom stereocenters. The summed E-state index contributed by atoms with van der Waals surface area (Å²) in [7, 11) is 0. The number of aliphatic hydroxyl groups excluding tert-OH is 1. The van der Waals surface area contributed by atoms with Crippen LogP contribution in [0.15, 0.2) is 91.3 Å². The second kappa shape index (κ2) is 12.0. The van der Waals surface area contributed by atoms with E-state index in [0.29, 0.717) is 38.4 Å². The number of morpholine rings is 1. The fraction of sp³-hybridized carbons (Fsp3) is 0.312. The molecule has 1 aromatic heterocycles. The first-order chi connectivity index (χ1) is 19.7. The predicted octanol–water partition coefficient (Wildman–Crippen LogP) is 3.39. The average Bonchev–Trinajstić information content (AvgIpc) is 3.47. The Morgan fingerprint density at radius 2 is 1.60 bits per heavy atom. The third-order valence-electron chi connectivity index (χ3n) is 7.81. The van der Waals surface area contributed by atoms with Gasteiger partial charge in [0, 0.05) is 49.2 Å². The molecule has 0 aliphatic carbocycles. The fourth-order valence-corrected chi connectivity index (χ4v) is 5.81. The Morgan fingerprint density at radius 3 is 2.35 bits per heavy atom. The first kappa shape index (κ1) is 26.3. The summed E-state index contributed by atoms with van der Waals surface area (Å²) in [6.07, 6.45) is 2.44. The molecule has 0 bridgehead atoms. The molecule has 40 heavy (non-hydrogen) atoms. The van der Waals surface area contributed by atoms with Gasteiger partial charge in [-0.05, 0) is 30.2 Å².